The third-order valence-corrected chi connectivity index (χ3v) is 8.31. The Morgan fingerprint density at radius 3 is 2.57 bits per heavy atom. The van der Waals surface area contributed by atoms with Crippen molar-refractivity contribution in [3.05, 3.63) is 45.6 Å². The van der Waals surface area contributed by atoms with Crippen LogP contribution in [-0.4, -0.2) is 32.3 Å². The van der Waals surface area contributed by atoms with Crippen molar-refractivity contribution in [2.75, 3.05) is 19.9 Å². The minimum Gasteiger partial charge on any atom is -0.433 e. The van der Waals surface area contributed by atoms with E-state index in [2.05, 4.69) is 23.0 Å². The zero-order valence-electron chi connectivity index (χ0n) is 20.9. The number of alkyl halides is 4. The number of benzene rings is 1. The number of nitrogens with zero attached hydrogens (tertiary/aromatic N) is 2. The van der Waals surface area contributed by atoms with Crippen LogP contribution >= 0.6 is 11.6 Å². The Kier molecular flexibility index (Phi) is 9.17. The lowest BCUT2D eigenvalue weighted by Gasteiger charge is -2.38. The maximum Gasteiger partial charge on any atom is 0.387 e. The van der Waals surface area contributed by atoms with Gasteiger partial charge in [0.1, 0.15) is 17.7 Å². The number of ether oxygens (including phenoxy) is 1. The Morgan fingerprint density at radius 1 is 1.24 bits per heavy atom. The topological polar surface area (TPSA) is 57.4 Å². The van der Waals surface area contributed by atoms with Crippen LogP contribution in [0.25, 0.3) is 5.57 Å². The van der Waals surface area contributed by atoms with Gasteiger partial charge in [-0.25, -0.2) is 0 Å². The van der Waals surface area contributed by atoms with Crippen molar-refractivity contribution >= 4 is 23.0 Å². The van der Waals surface area contributed by atoms with E-state index in [9.17, 15) is 22.8 Å². The molecule has 3 aliphatic rings. The van der Waals surface area contributed by atoms with Gasteiger partial charge in [-0.2, -0.15) is 14.0 Å². The lowest BCUT2D eigenvalue weighted by Crippen LogP contribution is -2.30. The second kappa shape index (κ2) is 12.3. The Hall–Kier alpha value is -2.53. The maximum absolute atomic E-state index is 13.0. The number of nitriles is 1. The summed E-state index contributed by atoms with van der Waals surface area (Å²) in [5.41, 5.74) is 3.68. The van der Waals surface area contributed by atoms with Crippen molar-refractivity contribution in [1.82, 2.24) is 5.32 Å². The summed E-state index contributed by atoms with van der Waals surface area (Å²) >= 11 is 6.32. The highest BCUT2D eigenvalue weighted by atomic mass is 35.5. The van der Waals surface area contributed by atoms with E-state index in [1.54, 1.807) is 12.1 Å². The summed E-state index contributed by atoms with van der Waals surface area (Å²) in [6, 6.07) is 5.47. The van der Waals surface area contributed by atoms with Crippen LogP contribution in [0.4, 0.5) is 17.6 Å². The summed E-state index contributed by atoms with van der Waals surface area (Å²) in [5.74, 6) is 0.683. The maximum atomic E-state index is 13.0. The zero-order valence-corrected chi connectivity index (χ0v) is 21.6. The first kappa shape index (κ1) is 27.5. The second-order valence-corrected chi connectivity index (χ2v) is 10.6. The summed E-state index contributed by atoms with van der Waals surface area (Å²) < 4.78 is 56.2. The van der Waals surface area contributed by atoms with Crippen LogP contribution in [-0.2, 0) is 0 Å². The van der Waals surface area contributed by atoms with Crippen LogP contribution in [0.1, 0.15) is 68.9 Å². The van der Waals surface area contributed by atoms with Gasteiger partial charge in [0.05, 0.1) is 30.5 Å². The molecule has 0 bridgehead atoms. The summed E-state index contributed by atoms with van der Waals surface area (Å²) in [4.78, 5) is 4.75. The van der Waals surface area contributed by atoms with Crippen LogP contribution in [0.5, 0.6) is 5.75 Å². The van der Waals surface area contributed by atoms with Gasteiger partial charge in [0.25, 0.3) is 0 Å². The molecule has 0 radical (unpaired) electrons. The highest BCUT2D eigenvalue weighted by Crippen LogP contribution is 2.50. The van der Waals surface area contributed by atoms with Gasteiger partial charge in [-0.05, 0) is 72.3 Å². The van der Waals surface area contributed by atoms with Crippen molar-refractivity contribution in [3.63, 3.8) is 0 Å². The molecule has 1 heterocycles. The number of hydrogen-bond acceptors (Lipinski definition) is 4. The van der Waals surface area contributed by atoms with Crippen molar-refractivity contribution in [2.45, 2.75) is 64.4 Å². The number of rotatable bonds is 10. The SMILES string of the molecule is CC1c2cc(OC(F)F)c(Cl)cc2C(C#N)=C(C2=NCC(CCCC(CF)CF)=CN2)CC1C1CCC1. The first-order valence-corrected chi connectivity index (χ1v) is 13.3. The molecule has 0 saturated heterocycles. The number of amidine groups is 1. The Balaban J connectivity index is 1.64. The number of aliphatic imine (C=N–C) groups is 1. The first-order chi connectivity index (χ1) is 17.9. The van der Waals surface area contributed by atoms with Gasteiger partial charge in [0, 0.05) is 17.7 Å². The molecule has 1 aromatic carbocycles. The van der Waals surface area contributed by atoms with E-state index < -0.39 is 25.9 Å². The van der Waals surface area contributed by atoms with Gasteiger partial charge in [0.15, 0.2) is 0 Å². The Bertz CT molecular complexity index is 1120. The van der Waals surface area contributed by atoms with E-state index in [1.165, 1.54) is 0 Å². The van der Waals surface area contributed by atoms with Crippen LogP contribution < -0.4 is 10.1 Å². The Labute approximate surface area is 220 Å². The van der Waals surface area contributed by atoms with E-state index in [0.29, 0.717) is 55.1 Å². The Morgan fingerprint density at radius 2 is 2.00 bits per heavy atom. The molecule has 0 spiro atoms. The minimum atomic E-state index is -3.00. The quantitative estimate of drug-likeness (QED) is 0.310. The first-order valence-electron chi connectivity index (χ1n) is 12.9. The molecule has 1 aromatic rings. The van der Waals surface area contributed by atoms with Gasteiger partial charge in [-0.15, -0.1) is 0 Å². The summed E-state index contributed by atoms with van der Waals surface area (Å²) in [6.07, 6.45) is 7.71. The fraction of sp³-hybridized carbons (Fsp3) is 0.571. The van der Waals surface area contributed by atoms with Crippen molar-refractivity contribution in [1.29, 1.82) is 5.26 Å². The predicted octanol–water partition coefficient (Wildman–Crippen LogP) is 7.75. The van der Waals surface area contributed by atoms with Crippen LogP contribution in [0.15, 0.2) is 34.5 Å². The van der Waals surface area contributed by atoms with E-state index in [-0.39, 0.29) is 22.6 Å². The minimum absolute atomic E-state index is 0.00712. The molecule has 9 heteroatoms. The molecule has 2 unspecified atom stereocenters. The van der Waals surface area contributed by atoms with E-state index >= 15 is 0 Å². The second-order valence-electron chi connectivity index (χ2n) is 10.2. The molecule has 1 fully saturated rings. The van der Waals surface area contributed by atoms with E-state index in [1.807, 2.05) is 6.20 Å². The summed E-state index contributed by atoms with van der Waals surface area (Å²) in [5, 5.41) is 13.6. The number of halogens is 5. The predicted molar refractivity (Wildman–Crippen MR) is 137 cm³/mol. The number of fused-ring (bicyclic) bond motifs is 1. The molecule has 2 atom stereocenters. The molecule has 1 saturated carbocycles. The highest BCUT2D eigenvalue weighted by Gasteiger charge is 2.38. The molecular formula is C28H32ClF4N3O. The third kappa shape index (κ3) is 6.14. The van der Waals surface area contributed by atoms with Gasteiger partial charge < -0.3 is 10.1 Å². The van der Waals surface area contributed by atoms with Crippen LogP contribution in [0.2, 0.25) is 5.02 Å². The third-order valence-electron chi connectivity index (χ3n) is 8.02. The smallest absolute Gasteiger partial charge is 0.387 e. The van der Waals surface area contributed by atoms with Gasteiger partial charge >= 0.3 is 6.61 Å². The van der Waals surface area contributed by atoms with E-state index in [0.717, 1.165) is 36.0 Å². The largest absolute Gasteiger partial charge is 0.433 e. The summed E-state index contributed by atoms with van der Waals surface area (Å²) in [6.45, 7) is -1.77. The average Bonchev–Trinajstić information content (AvgIpc) is 2.96. The number of allylic oxidation sites excluding steroid dienone is 1. The van der Waals surface area contributed by atoms with E-state index in [4.69, 9.17) is 16.6 Å². The van der Waals surface area contributed by atoms with Gasteiger partial charge in [-0.1, -0.05) is 37.8 Å². The lowest BCUT2D eigenvalue weighted by atomic mass is 9.67. The van der Waals surface area contributed by atoms with Gasteiger partial charge in [-0.3, -0.25) is 13.8 Å². The number of hydrogen-bond donors (Lipinski definition) is 1. The van der Waals surface area contributed by atoms with Crippen molar-refractivity contribution < 1.29 is 22.3 Å². The lowest BCUT2D eigenvalue weighted by molar-refractivity contribution is -0.0498. The average molecular weight is 538 g/mol. The van der Waals surface area contributed by atoms with Crippen molar-refractivity contribution in [3.8, 4) is 11.8 Å². The molecule has 0 aromatic heterocycles. The number of nitrogens with one attached hydrogen (secondary N) is 1. The standard InChI is InChI=1S/C28H32ClF4N3O/c1-16-20(19-6-3-7-19)8-23(27-35-14-18(15-36-27)5-2-4-17(11-30)12-31)24(13-34)22-9-25(29)26(10-21(16)22)37-28(32)33/h9-10,14,16-17,19-20,28H,2-8,11-12,15H2,1H3,(H,35,36). The van der Waals surface area contributed by atoms with Crippen molar-refractivity contribution in [2.24, 2.45) is 22.7 Å². The molecule has 200 valence electrons. The summed E-state index contributed by atoms with van der Waals surface area (Å²) in [7, 11) is 0. The van der Waals surface area contributed by atoms with Crippen LogP contribution in [0, 0.1) is 29.1 Å². The molecule has 2 aliphatic carbocycles. The molecule has 1 N–H and O–H groups in total. The zero-order chi connectivity index (χ0) is 26.5. The monoisotopic (exact) mass is 537 g/mol. The van der Waals surface area contributed by atoms with Gasteiger partial charge in [0.2, 0.25) is 0 Å². The fourth-order valence-electron chi connectivity index (χ4n) is 5.63. The van der Waals surface area contributed by atoms with Crippen LogP contribution in [0.3, 0.4) is 0 Å². The molecule has 4 nitrogen and oxygen atoms in total. The highest BCUT2D eigenvalue weighted by molar-refractivity contribution is 6.32. The molecule has 37 heavy (non-hydrogen) atoms. The molecular weight excluding hydrogens is 506 g/mol. The fourth-order valence-corrected chi connectivity index (χ4v) is 5.84. The normalized spacial score (nSPS) is 22.0. The molecule has 1 aliphatic heterocycles. The molecule has 0 amide bonds. The molecule has 4 rings (SSSR count).